The number of nitrogens with zero attached hydrogens (tertiary/aromatic N) is 5. The van der Waals surface area contributed by atoms with Gasteiger partial charge in [0, 0.05) is 44.4 Å². The highest BCUT2D eigenvalue weighted by Crippen LogP contribution is 2.28. The number of likely N-dealkylation sites (N-methyl/N-ethyl adjacent to an activating group) is 1. The first-order valence-electron chi connectivity index (χ1n) is 10.1. The molecule has 0 fully saturated rings. The Morgan fingerprint density at radius 2 is 1.67 bits per heavy atom. The van der Waals surface area contributed by atoms with Gasteiger partial charge in [-0.1, -0.05) is 19.9 Å². The van der Waals surface area contributed by atoms with Crippen LogP contribution in [0.15, 0.2) is 49.1 Å². The fourth-order valence-corrected chi connectivity index (χ4v) is 2.69. The number of hydrogen-bond donors (Lipinski definition) is 1. The predicted octanol–water partition coefficient (Wildman–Crippen LogP) is 4.69. The number of carbonyl (C=O) groups is 1. The largest absolute Gasteiger partial charge is 0.419 e. The van der Waals surface area contributed by atoms with Crippen molar-refractivity contribution in [3.05, 3.63) is 66.0 Å². The van der Waals surface area contributed by atoms with Crippen molar-refractivity contribution in [3.63, 3.8) is 0 Å². The monoisotopic (exact) mass is 464 g/mol. The molecule has 0 aliphatic heterocycles. The van der Waals surface area contributed by atoms with Crippen molar-refractivity contribution in [1.29, 1.82) is 0 Å². The van der Waals surface area contributed by atoms with Crippen molar-refractivity contribution in [3.8, 4) is 11.4 Å². The maximum absolute atomic E-state index is 14.5. The van der Waals surface area contributed by atoms with Crippen molar-refractivity contribution in [2.24, 2.45) is 0 Å². The van der Waals surface area contributed by atoms with Gasteiger partial charge in [0.15, 0.2) is 5.82 Å². The summed E-state index contributed by atoms with van der Waals surface area (Å²) >= 11 is 0. The second kappa shape index (κ2) is 11.3. The van der Waals surface area contributed by atoms with Crippen molar-refractivity contribution < 1.29 is 22.4 Å². The van der Waals surface area contributed by atoms with E-state index in [2.05, 4.69) is 25.3 Å². The summed E-state index contributed by atoms with van der Waals surface area (Å²) in [6.07, 6.45) is -0.280. The van der Waals surface area contributed by atoms with Crippen molar-refractivity contribution in [2.45, 2.75) is 33.0 Å². The third-order valence-corrected chi connectivity index (χ3v) is 4.55. The molecule has 0 spiro atoms. The molecule has 3 rings (SSSR count). The number of benzene rings is 1. The number of aromatic nitrogens is 4. The Balaban J connectivity index is 0.00000187. The maximum atomic E-state index is 14.5. The van der Waals surface area contributed by atoms with Gasteiger partial charge in [-0.15, -0.1) is 0 Å². The van der Waals surface area contributed by atoms with E-state index < -0.39 is 29.5 Å². The summed E-state index contributed by atoms with van der Waals surface area (Å²) in [7, 11) is 1.53. The van der Waals surface area contributed by atoms with E-state index in [0.29, 0.717) is 12.4 Å². The zero-order chi connectivity index (χ0) is 24.6. The molecule has 1 unspecified atom stereocenters. The molecule has 11 heteroatoms. The molecule has 2 aromatic heterocycles. The molecule has 0 aliphatic carbocycles. The summed E-state index contributed by atoms with van der Waals surface area (Å²) in [6, 6.07) is 5.27. The van der Waals surface area contributed by atoms with Crippen LogP contribution < -0.4 is 5.32 Å². The number of carbonyl (C=O) groups excluding carboxylic acids is 1. The number of alkyl halides is 3. The van der Waals surface area contributed by atoms with Gasteiger partial charge in [0.25, 0.3) is 5.91 Å². The first-order chi connectivity index (χ1) is 15.7. The summed E-state index contributed by atoms with van der Waals surface area (Å²) in [5, 5.41) is 2.79. The molecule has 1 aromatic carbocycles. The normalized spacial score (nSPS) is 11.8. The number of hydrogen-bond acceptors (Lipinski definition) is 6. The van der Waals surface area contributed by atoms with Crippen LogP contribution in [0.25, 0.3) is 11.4 Å². The lowest BCUT2D eigenvalue weighted by Crippen LogP contribution is -2.39. The van der Waals surface area contributed by atoms with Crippen LogP contribution in [0, 0.1) is 5.82 Å². The quantitative estimate of drug-likeness (QED) is 0.533. The van der Waals surface area contributed by atoms with Gasteiger partial charge >= 0.3 is 6.18 Å². The molecule has 3 aromatic rings. The smallest absolute Gasteiger partial charge is 0.352 e. The second-order valence-corrected chi connectivity index (χ2v) is 6.67. The number of halogens is 4. The first kappa shape index (κ1) is 25.6. The Hall–Kier alpha value is -3.63. The minimum Gasteiger partial charge on any atom is -0.352 e. The summed E-state index contributed by atoms with van der Waals surface area (Å²) in [5.41, 5.74) is -0.877. The Morgan fingerprint density at radius 1 is 1.06 bits per heavy atom. The molecule has 0 radical (unpaired) electrons. The summed E-state index contributed by atoms with van der Waals surface area (Å²) in [4.78, 5) is 29.7. The summed E-state index contributed by atoms with van der Waals surface area (Å²) < 4.78 is 52.3. The van der Waals surface area contributed by atoms with Crippen LogP contribution in [-0.4, -0.2) is 50.4 Å². The molecule has 33 heavy (non-hydrogen) atoms. The van der Waals surface area contributed by atoms with E-state index in [1.807, 2.05) is 13.8 Å². The highest BCUT2D eigenvalue weighted by molar-refractivity contribution is 6.00. The number of anilines is 1. The van der Waals surface area contributed by atoms with E-state index in [4.69, 9.17) is 0 Å². The molecule has 0 saturated heterocycles. The fraction of sp³-hybridized carbons (Fsp3) is 0.318. The third-order valence-electron chi connectivity index (χ3n) is 4.55. The van der Waals surface area contributed by atoms with Crippen LogP contribution in [0.5, 0.6) is 0 Å². The van der Waals surface area contributed by atoms with Crippen molar-refractivity contribution in [2.75, 3.05) is 18.9 Å². The molecule has 1 amide bonds. The van der Waals surface area contributed by atoms with Crippen LogP contribution in [-0.2, 0) is 6.18 Å². The van der Waals surface area contributed by atoms with Gasteiger partial charge in [-0.25, -0.2) is 24.3 Å². The molecule has 0 bridgehead atoms. The number of nitrogens with one attached hydrogen (secondary N) is 1. The van der Waals surface area contributed by atoms with Gasteiger partial charge in [-0.3, -0.25) is 4.79 Å². The number of amides is 1. The van der Waals surface area contributed by atoms with E-state index in [-0.39, 0.29) is 29.4 Å². The highest BCUT2D eigenvalue weighted by Gasteiger charge is 2.31. The van der Waals surface area contributed by atoms with Gasteiger partial charge in [-0.2, -0.15) is 13.2 Å². The highest BCUT2D eigenvalue weighted by atomic mass is 19.4. The summed E-state index contributed by atoms with van der Waals surface area (Å²) in [6.45, 7) is 5.87. The fourth-order valence-electron chi connectivity index (χ4n) is 2.69. The molecule has 1 N–H and O–H groups in total. The molecule has 0 aliphatic rings. The van der Waals surface area contributed by atoms with E-state index >= 15 is 0 Å². The Kier molecular flexibility index (Phi) is 8.78. The van der Waals surface area contributed by atoms with Crippen LogP contribution in [0.4, 0.5) is 23.5 Å². The second-order valence-electron chi connectivity index (χ2n) is 6.67. The third kappa shape index (κ3) is 6.43. The lowest BCUT2D eigenvalue weighted by Gasteiger charge is -2.26. The van der Waals surface area contributed by atoms with Gasteiger partial charge < -0.3 is 10.2 Å². The molecule has 0 saturated carbocycles. The minimum absolute atomic E-state index is 0.00816. The topological polar surface area (TPSA) is 83.9 Å². The van der Waals surface area contributed by atoms with Crippen LogP contribution in [0.3, 0.4) is 0 Å². The number of rotatable bonds is 6. The van der Waals surface area contributed by atoms with E-state index in [1.54, 1.807) is 13.0 Å². The van der Waals surface area contributed by atoms with Gasteiger partial charge in [0.2, 0.25) is 5.95 Å². The Morgan fingerprint density at radius 3 is 2.24 bits per heavy atom. The predicted molar refractivity (Wildman–Crippen MR) is 116 cm³/mol. The minimum atomic E-state index is -4.52. The summed E-state index contributed by atoms with van der Waals surface area (Å²) in [5.74, 6) is -1.02. The molecular weight excluding hydrogens is 440 g/mol. The molecular formula is C22H24F4N6O. The van der Waals surface area contributed by atoms with Crippen molar-refractivity contribution >= 4 is 11.9 Å². The average molecular weight is 464 g/mol. The zero-order valence-electron chi connectivity index (χ0n) is 18.6. The zero-order valence-corrected chi connectivity index (χ0v) is 18.6. The van der Waals surface area contributed by atoms with Gasteiger partial charge in [0.05, 0.1) is 16.7 Å². The lowest BCUT2D eigenvalue weighted by molar-refractivity contribution is -0.138. The van der Waals surface area contributed by atoms with E-state index in [0.717, 1.165) is 0 Å². The molecule has 1 atom stereocenters. The average Bonchev–Trinajstić information content (AvgIpc) is 2.83. The lowest BCUT2D eigenvalue weighted by atomic mass is 10.0. The standard InChI is InChI=1S/C20H18F4N6O.C2H6/c1-12(9-27-19-28-10-13(11-29-19)20(22,23)24)30(2)18(31)14-5-3-6-15(21)16(14)17-25-7-4-8-26-17;1-2/h3-8,10-12H,9H2,1-2H3,(H,27,28,29);1-2H3. The van der Waals surface area contributed by atoms with Crippen LogP contribution in [0.1, 0.15) is 36.7 Å². The van der Waals surface area contributed by atoms with Crippen molar-refractivity contribution in [1.82, 2.24) is 24.8 Å². The Bertz CT molecular complexity index is 1050. The van der Waals surface area contributed by atoms with E-state index in [9.17, 15) is 22.4 Å². The molecule has 176 valence electrons. The Labute approximate surface area is 188 Å². The molecule has 7 nitrogen and oxygen atoms in total. The molecule has 2 heterocycles. The van der Waals surface area contributed by atoms with Gasteiger partial charge in [-0.05, 0) is 25.1 Å². The van der Waals surface area contributed by atoms with Gasteiger partial charge in [0.1, 0.15) is 5.82 Å². The van der Waals surface area contributed by atoms with Crippen LogP contribution in [0.2, 0.25) is 0 Å². The SMILES string of the molecule is CC.CC(CNc1ncc(C(F)(F)F)cn1)N(C)C(=O)c1cccc(F)c1-c1ncccn1. The first-order valence-corrected chi connectivity index (χ1v) is 10.1. The van der Waals surface area contributed by atoms with E-state index in [1.165, 1.54) is 42.5 Å². The maximum Gasteiger partial charge on any atom is 0.419 e. The van der Waals surface area contributed by atoms with Crippen LogP contribution >= 0.6 is 0 Å².